The number of carbonyl (C=O) groups is 1. The quantitative estimate of drug-likeness (QED) is 0.787. The molecule has 1 fully saturated rings. The van der Waals surface area contributed by atoms with Crippen LogP contribution in [0.4, 0.5) is 0 Å². The highest BCUT2D eigenvalue weighted by molar-refractivity contribution is 5.97. The van der Waals surface area contributed by atoms with Crippen molar-refractivity contribution in [3.63, 3.8) is 0 Å². The van der Waals surface area contributed by atoms with Gasteiger partial charge in [0.15, 0.2) is 0 Å². The third-order valence-corrected chi connectivity index (χ3v) is 5.36. The van der Waals surface area contributed by atoms with E-state index in [4.69, 9.17) is 4.42 Å². The van der Waals surface area contributed by atoms with Gasteiger partial charge in [0, 0.05) is 17.5 Å². The molecule has 0 spiro atoms. The first-order valence-corrected chi connectivity index (χ1v) is 9.12. The third kappa shape index (κ3) is 2.61. The summed E-state index contributed by atoms with van der Waals surface area (Å²) in [4.78, 5) is 14.8. The van der Waals surface area contributed by atoms with Crippen molar-refractivity contribution >= 4 is 16.9 Å². The smallest absolute Gasteiger partial charge is 0.254 e. The van der Waals surface area contributed by atoms with Gasteiger partial charge in [0.1, 0.15) is 17.4 Å². The van der Waals surface area contributed by atoms with Gasteiger partial charge in [-0.2, -0.15) is 5.10 Å². The maximum atomic E-state index is 12.9. The highest BCUT2D eigenvalue weighted by Gasteiger charge is 2.33. The average molecular weight is 351 g/mol. The Morgan fingerprint density at radius 2 is 2.12 bits per heavy atom. The number of aliphatic hydroxyl groups excluding tert-OH is 1. The molecule has 0 unspecified atom stereocenters. The summed E-state index contributed by atoms with van der Waals surface area (Å²) >= 11 is 0. The maximum Gasteiger partial charge on any atom is 0.254 e. The molecule has 2 aliphatic rings. The van der Waals surface area contributed by atoms with Crippen LogP contribution in [0.3, 0.4) is 0 Å². The topological polar surface area (TPSA) is 71.5 Å². The Balaban J connectivity index is 1.38. The fraction of sp³-hybridized carbons (Fsp3) is 0.400. The standard InChI is InChI=1S/C20H21N3O3/c1-12-8-15-9-14(4-5-18(15)26-12)20(25)22-6-7-23-16(11-22)10-17(21-23)19(24)13-2-3-13/h4-5,8-10,13,19,24H,2-3,6-7,11H2,1H3/t19-/m0/s1. The lowest BCUT2D eigenvalue weighted by molar-refractivity contribution is 0.0705. The fourth-order valence-electron chi connectivity index (χ4n) is 3.75. The molecular weight excluding hydrogens is 330 g/mol. The van der Waals surface area contributed by atoms with Crippen molar-refractivity contribution in [1.82, 2.24) is 14.7 Å². The number of nitrogens with zero attached hydrogens (tertiary/aromatic N) is 3. The van der Waals surface area contributed by atoms with E-state index in [9.17, 15) is 9.90 Å². The minimum Gasteiger partial charge on any atom is -0.461 e. The minimum atomic E-state index is -0.469. The summed E-state index contributed by atoms with van der Waals surface area (Å²) in [7, 11) is 0. The van der Waals surface area contributed by atoms with Gasteiger partial charge in [0.25, 0.3) is 5.91 Å². The number of amides is 1. The molecule has 1 saturated carbocycles. The molecular formula is C20H21N3O3. The van der Waals surface area contributed by atoms with E-state index in [1.807, 2.05) is 46.8 Å². The molecule has 3 heterocycles. The Kier molecular flexibility index (Phi) is 3.43. The molecule has 1 aliphatic heterocycles. The van der Waals surface area contributed by atoms with Gasteiger partial charge >= 0.3 is 0 Å². The van der Waals surface area contributed by atoms with E-state index in [0.717, 1.165) is 41.0 Å². The van der Waals surface area contributed by atoms with Gasteiger partial charge in [-0.25, -0.2) is 0 Å². The number of aryl methyl sites for hydroxylation is 1. The number of aliphatic hydroxyl groups is 1. The lowest BCUT2D eigenvalue weighted by Gasteiger charge is -2.27. The molecule has 1 N–H and O–H groups in total. The van der Waals surface area contributed by atoms with Crippen molar-refractivity contribution in [2.24, 2.45) is 5.92 Å². The van der Waals surface area contributed by atoms with E-state index < -0.39 is 6.10 Å². The first kappa shape index (κ1) is 15.6. The molecule has 2 aromatic heterocycles. The van der Waals surface area contributed by atoms with Crippen LogP contribution in [-0.2, 0) is 13.1 Å². The number of benzene rings is 1. The van der Waals surface area contributed by atoms with Crippen molar-refractivity contribution in [2.75, 3.05) is 6.54 Å². The molecule has 3 aromatic rings. The van der Waals surface area contributed by atoms with Crippen LogP contribution >= 0.6 is 0 Å². The van der Waals surface area contributed by atoms with Crippen molar-refractivity contribution in [2.45, 2.75) is 39.0 Å². The van der Waals surface area contributed by atoms with Crippen LogP contribution in [-0.4, -0.2) is 32.2 Å². The second-order valence-electron chi connectivity index (χ2n) is 7.40. The highest BCUT2D eigenvalue weighted by Crippen LogP contribution is 2.40. The van der Waals surface area contributed by atoms with Crippen molar-refractivity contribution in [1.29, 1.82) is 0 Å². The van der Waals surface area contributed by atoms with Crippen LogP contribution in [0, 0.1) is 12.8 Å². The Hall–Kier alpha value is -2.60. The third-order valence-electron chi connectivity index (χ3n) is 5.36. The molecule has 5 rings (SSSR count). The Labute approximate surface area is 151 Å². The van der Waals surface area contributed by atoms with E-state index in [1.165, 1.54) is 0 Å². The molecule has 134 valence electrons. The number of carbonyl (C=O) groups excluding carboxylic acids is 1. The first-order valence-electron chi connectivity index (χ1n) is 9.12. The predicted octanol–water partition coefficient (Wildman–Crippen LogP) is 3.04. The highest BCUT2D eigenvalue weighted by atomic mass is 16.3. The van der Waals surface area contributed by atoms with Gasteiger partial charge in [-0.1, -0.05) is 0 Å². The molecule has 6 heteroatoms. The van der Waals surface area contributed by atoms with E-state index in [1.54, 1.807) is 0 Å². The number of hydrogen-bond donors (Lipinski definition) is 1. The number of fused-ring (bicyclic) bond motifs is 2. The fourth-order valence-corrected chi connectivity index (χ4v) is 3.75. The lowest BCUT2D eigenvalue weighted by atomic mass is 10.1. The summed E-state index contributed by atoms with van der Waals surface area (Å²) in [5, 5.41) is 15.8. The zero-order valence-electron chi connectivity index (χ0n) is 14.7. The number of aromatic nitrogens is 2. The lowest BCUT2D eigenvalue weighted by Crippen LogP contribution is -2.38. The molecule has 0 radical (unpaired) electrons. The van der Waals surface area contributed by atoms with Crippen LogP contribution in [0.2, 0.25) is 0 Å². The van der Waals surface area contributed by atoms with Crippen LogP contribution in [0.5, 0.6) is 0 Å². The van der Waals surface area contributed by atoms with Gasteiger partial charge in [-0.3, -0.25) is 9.48 Å². The van der Waals surface area contributed by atoms with Crippen molar-refractivity contribution in [3.8, 4) is 0 Å². The number of hydrogen-bond acceptors (Lipinski definition) is 4. The van der Waals surface area contributed by atoms with Crippen molar-refractivity contribution in [3.05, 3.63) is 53.0 Å². The summed E-state index contributed by atoms with van der Waals surface area (Å²) in [5.41, 5.74) is 3.20. The largest absolute Gasteiger partial charge is 0.461 e. The SMILES string of the molecule is Cc1cc2cc(C(=O)N3CCn4nc([C@@H](O)C5CC5)cc4C3)ccc2o1. The van der Waals surface area contributed by atoms with Gasteiger partial charge in [0.2, 0.25) is 0 Å². The molecule has 1 amide bonds. The van der Waals surface area contributed by atoms with E-state index in [-0.39, 0.29) is 5.91 Å². The zero-order chi connectivity index (χ0) is 17.8. The summed E-state index contributed by atoms with van der Waals surface area (Å²) in [6, 6.07) is 9.46. The van der Waals surface area contributed by atoms with Gasteiger partial charge in [-0.05, 0) is 56.0 Å². The van der Waals surface area contributed by atoms with Crippen LogP contribution in [0.15, 0.2) is 34.7 Å². The van der Waals surface area contributed by atoms with E-state index in [0.29, 0.717) is 31.1 Å². The Bertz CT molecular complexity index is 999. The number of furan rings is 1. The number of rotatable bonds is 3. The van der Waals surface area contributed by atoms with Crippen LogP contribution in [0.1, 0.15) is 46.5 Å². The van der Waals surface area contributed by atoms with Crippen LogP contribution < -0.4 is 0 Å². The molecule has 1 aromatic carbocycles. The van der Waals surface area contributed by atoms with Gasteiger partial charge < -0.3 is 14.4 Å². The Morgan fingerprint density at radius 1 is 1.27 bits per heavy atom. The molecule has 1 aliphatic carbocycles. The van der Waals surface area contributed by atoms with E-state index in [2.05, 4.69) is 5.10 Å². The van der Waals surface area contributed by atoms with Gasteiger partial charge in [0.05, 0.1) is 24.5 Å². The molecule has 0 bridgehead atoms. The second-order valence-corrected chi connectivity index (χ2v) is 7.40. The second kappa shape index (κ2) is 5.71. The molecule has 0 saturated heterocycles. The minimum absolute atomic E-state index is 0.0162. The molecule has 6 nitrogen and oxygen atoms in total. The summed E-state index contributed by atoms with van der Waals surface area (Å²) in [6.45, 7) is 3.70. The van der Waals surface area contributed by atoms with Crippen molar-refractivity contribution < 1.29 is 14.3 Å². The van der Waals surface area contributed by atoms with Gasteiger partial charge in [-0.15, -0.1) is 0 Å². The molecule has 26 heavy (non-hydrogen) atoms. The maximum absolute atomic E-state index is 12.9. The Morgan fingerprint density at radius 3 is 2.92 bits per heavy atom. The monoisotopic (exact) mass is 351 g/mol. The predicted molar refractivity (Wildman–Crippen MR) is 95.6 cm³/mol. The normalized spacial score (nSPS) is 18.2. The average Bonchev–Trinajstić information content (AvgIpc) is 3.29. The zero-order valence-corrected chi connectivity index (χ0v) is 14.7. The summed E-state index contributed by atoms with van der Waals surface area (Å²) in [6.07, 6.45) is 1.68. The van der Waals surface area contributed by atoms with Crippen LogP contribution in [0.25, 0.3) is 11.0 Å². The first-order chi connectivity index (χ1) is 12.6. The summed E-state index contributed by atoms with van der Waals surface area (Å²) < 4.78 is 7.51. The summed E-state index contributed by atoms with van der Waals surface area (Å²) in [5.74, 6) is 1.21. The molecule has 1 atom stereocenters. The van der Waals surface area contributed by atoms with E-state index >= 15 is 0 Å².